The Morgan fingerprint density at radius 1 is 1.00 bits per heavy atom. The fourth-order valence-electron chi connectivity index (χ4n) is 4.74. The van der Waals surface area contributed by atoms with E-state index in [4.69, 9.17) is 24.4 Å². The van der Waals surface area contributed by atoms with Crippen molar-refractivity contribution in [2.45, 2.75) is 31.6 Å². The molecule has 2 aromatic rings. The first-order chi connectivity index (χ1) is 18.4. The van der Waals surface area contributed by atoms with Crippen molar-refractivity contribution in [3.63, 3.8) is 0 Å². The molecule has 202 valence electrons. The molecule has 0 spiro atoms. The maximum Gasteiger partial charge on any atom is 0.328 e. The highest BCUT2D eigenvalue weighted by Crippen LogP contribution is 2.33. The lowest BCUT2D eigenvalue weighted by molar-refractivity contribution is -0.134. The molecule has 2 aromatic carbocycles. The van der Waals surface area contributed by atoms with Gasteiger partial charge in [-0.15, -0.1) is 0 Å². The number of amides is 1. The molecule has 4 heterocycles. The third-order valence-corrected chi connectivity index (χ3v) is 6.68. The van der Waals surface area contributed by atoms with Gasteiger partial charge >= 0.3 is 11.9 Å². The highest BCUT2D eigenvalue weighted by molar-refractivity contribution is 5.95. The van der Waals surface area contributed by atoms with Crippen LogP contribution in [0.2, 0.25) is 0 Å². The van der Waals surface area contributed by atoms with Gasteiger partial charge in [0.2, 0.25) is 0 Å². The van der Waals surface area contributed by atoms with Crippen LogP contribution in [0.15, 0.2) is 60.7 Å². The standard InChI is InChI=1S/C24H28N2O4.C4H4O4/c27-24(25-21-13-26-10-8-18(21)9-11-26)19-6-7-22-23(12-19)29-16-20(30-22)15-28-14-17-4-2-1-3-5-17;5-3(6)1-2-4(7)8/h1-7,12,18,20-21H,8-11,13-16H2,(H,25,27);1-2H,(H,5,6)(H,7,8)/b;2-1+/t20?,21-;/m0./s1. The number of hydrogen-bond donors (Lipinski definition) is 3. The van der Waals surface area contributed by atoms with Gasteiger partial charge in [-0.2, -0.15) is 0 Å². The van der Waals surface area contributed by atoms with Crippen molar-refractivity contribution in [1.82, 2.24) is 10.2 Å². The number of aliphatic carboxylic acids is 2. The Morgan fingerprint density at radius 2 is 1.71 bits per heavy atom. The van der Waals surface area contributed by atoms with Crippen molar-refractivity contribution in [3.05, 3.63) is 71.8 Å². The number of nitrogens with zero attached hydrogens (tertiary/aromatic N) is 1. The molecule has 2 atom stereocenters. The minimum atomic E-state index is -1.26. The van der Waals surface area contributed by atoms with Crippen molar-refractivity contribution in [3.8, 4) is 11.5 Å². The molecular formula is C28H32N2O8. The Kier molecular flexibility index (Phi) is 9.34. The van der Waals surface area contributed by atoms with Crippen molar-refractivity contribution in [1.29, 1.82) is 0 Å². The zero-order valence-corrected chi connectivity index (χ0v) is 21.0. The Hall–Kier alpha value is -3.89. The average Bonchev–Trinajstić information content (AvgIpc) is 2.93. The number of rotatable bonds is 8. The number of carboxylic acid groups (broad SMARTS) is 2. The smallest absolute Gasteiger partial charge is 0.328 e. The molecule has 0 aromatic heterocycles. The molecule has 3 fully saturated rings. The normalized spacial score (nSPS) is 23.3. The van der Waals surface area contributed by atoms with Gasteiger partial charge in [-0.1, -0.05) is 30.3 Å². The summed E-state index contributed by atoms with van der Waals surface area (Å²) >= 11 is 0. The second-order valence-corrected chi connectivity index (χ2v) is 9.44. The zero-order valence-electron chi connectivity index (χ0n) is 21.0. The molecule has 6 rings (SSSR count). The van der Waals surface area contributed by atoms with Gasteiger partial charge in [0.15, 0.2) is 17.6 Å². The number of nitrogens with one attached hydrogen (secondary N) is 1. The molecular weight excluding hydrogens is 492 g/mol. The number of fused-ring (bicyclic) bond motifs is 4. The van der Waals surface area contributed by atoms with E-state index < -0.39 is 11.9 Å². The summed E-state index contributed by atoms with van der Waals surface area (Å²) in [5.41, 5.74) is 1.75. The quantitative estimate of drug-likeness (QED) is 0.445. The first-order valence-corrected chi connectivity index (χ1v) is 12.6. The summed E-state index contributed by atoms with van der Waals surface area (Å²) in [7, 11) is 0. The topological polar surface area (TPSA) is 135 Å². The van der Waals surface area contributed by atoms with Crippen LogP contribution in [0.25, 0.3) is 0 Å². The number of piperidine rings is 3. The molecule has 3 N–H and O–H groups in total. The van der Waals surface area contributed by atoms with Crippen molar-refractivity contribution in [2.75, 3.05) is 32.8 Å². The number of carbonyl (C=O) groups excluding carboxylic acids is 1. The highest BCUT2D eigenvalue weighted by Gasteiger charge is 2.35. The van der Waals surface area contributed by atoms with E-state index in [-0.39, 0.29) is 18.1 Å². The van der Waals surface area contributed by atoms with E-state index in [0.717, 1.165) is 25.2 Å². The summed E-state index contributed by atoms with van der Waals surface area (Å²) in [4.78, 5) is 34.3. The molecule has 0 saturated carbocycles. The van der Waals surface area contributed by atoms with Gasteiger partial charge < -0.3 is 34.6 Å². The molecule has 0 radical (unpaired) electrons. The van der Waals surface area contributed by atoms with Crippen LogP contribution < -0.4 is 14.8 Å². The maximum atomic E-state index is 12.8. The van der Waals surface area contributed by atoms with Crippen LogP contribution in [0, 0.1) is 5.92 Å². The third-order valence-electron chi connectivity index (χ3n) is 6.68. The molecule has 2 bridgehead atoms. The number of carbonyl (C=O) groups is 3. The number of ether oxygens (including phenoxy) is 3. The minimum absolute atomic E-state index is 0.0338. The third kappa shape index (κ3) is 7.80. The number of carboxylic acids is 2. The molecule has 10 nitrogen and oxygen atoms in total. The molecule has 4 aliphatic heterocycles. The second kappa shape index (κ2) is 13.1. The lowest BCUT2D eigenvalue weighted by atomic mass is 9.84. The molecule has 1 unspecified atom stereocenters. The minimum Gasteiger partial charge on any atom is -0.486 e. The first-order valence-electron chi connectivity index (χ1n) is 12.6. The van der Waals surface area contributed by atoms with Crippen LogP contribution in [0.3, 0.4) is 0 Å². The van der Waals surface area contributed by atoms with Crippen LogP contribution in [-0.4, -0.2) is 78.0 Å². The molecule has 3 saturated heterocycles. The summed E-state index contributed by atoms with van der Waals surface area (Å²) in [5.74, 6) is -0.661. The van der Waals surface area contributed by atoms with Crippen LogP contribution in [0.5, 0.6) is 11.5 Å². The Morgan fingerprint density at radius 3 is 2.34 bits per heavy atom. The van der Waals surface area contributed by atoms with Crippen LogP contribution in [0.1, 0.15) is 28.8 Å². The van der Waals surface area contributed by atoms with Crippen LogP contribution >= 0.6 is 0 Å². The lowest BCUT2D eigenvalue weighted by Crippen LogP contribution is -2.57. The van der Waals surface area contributed by atoms with Crippen LogP contribution in [-0.2, 0) is 20.9 Å². The van der Waals surface area contributed by atoms with Gasteiger partial charge in [0.1, 0.15) is 6.61 Å². The van der Waals surface area contributed by atoms with Crippen LogP contribution in [0.4, 0.5) is 0 Å². The van der Waals surface area contributed by atoms with Gasteiger partial charge in [0.05, 0.1) is 13.2 Å². The second-order valence-electron chi connectivity index (χ2n) is 9.44. The molecule has 4 aliphatic rings. The molecule has 10 heteroatoms. The highest BCUT2D eigenvalue weighted by atomic mass is 16.6. The summed E-state index contributed by atoms with van der Waals surface area (Å²) in [6.07, 6.45) is 3.32. The summed E-state index contributed by atoms with van der Waals surface area (Å²) in [5, 5.41) is 18.9. The lowest BCUT2D eigenvalue weighted by Gasteiger charge is -2.44. The van der Waals surface area contributed by atoms with E-state index in [9.17, 15) is 14.4 Å². The van der Waals surface area contributed by atoms with E-state index in [1.807, 2.05) is 42.5 Å². The van der Waals surface area contributed by atoms with E-state index >= 15 is 0 Å². The molecule has 1 amide bonds. The van der Waals surface area contributed by atoms with Gasteiger partial charge in [0, 0.05) is 30.3 Å². The number of hydrogen-bond acceptors (Lipinski definition) is 7. The monoisotopic (exact) mass is 524 g/mol. The fourth-order valence-corrected chi connectivity index (χ4v) is 4.74. The fraction of sp³-hybridized carbons (Fsp3) is 0.393. The predicted octanol–water partition coefficient (Wildman–Crippen LogP) is 2.58. The van der Waals surface area contributed by atoms with Gasteiger partial charge in [0.25, 0.3) is 5.91 Å². The Bertz CT molecular complexity index is 1130. The van der Waals surface area contributed by atoms with E-state index in [1.165, 1.54) is 12.8 Å². The van der Waals surface area contributed by atoms with E-state index in [0.29, 0.717) is 55.0 Å². The first kappa shape index (κ1) is 27.2. The Balaban J connectivity index is 0.000000368. The largest absolute Gasteiger partial charge is 0.486 e. The van der Waals surface area contributed by atoms with Crippen molar-refractivity contribution >= 4 is 17.8 Å². The SMILES string of the molecule is O=C(N[C@H]1CN2CCC1CC2)c1ccc2c(c1)OCC(COCc1ccccc1)O2.O=C(O)/C=C/C(=O)O. The average molecular weight is 525 g/mol. The summed E-state index contributed by atoms with van der Waals surface area (Å²) in [6, 6.07) is 15.7. The van der Waals surface area contributed by atoms with Gasteiger partial charge in [-0.05, 0) is 55.6 Å². The van der Waals surface area contributed by atoms with Crippen molar-refractivity contribution in [2.24, 2.45) is 5.92 Å². The predicted molar refractivity (Wildman–Crippen MR) is 137 cm³/mol. The van der Waals surface area contributed by atoms with Gasteiger partial charge in [-0.25, -0.2) is 9.59 Å². The van der Waals surface area contributed by atoms with E-state index in [1.54, 1.807) is 6.07 Å². The van der Waals surface area contributed by atoms with Gasteiger partial charge in [-0.3, -0.25) is 4.79 Å². The van der Waals surface area contributed by atoms with E-state index in [2.05, 4.69) is 10.2 Å². The summed E-state index contributed by atoms with van der Waals surface area (Å²) in [6.45, 7) is 4.70. The Labute approximate surface area is 220 Å². The zero-order chi connectivity index (χ0) is 26.9. The number of benzene rings is 2. The maximum absolute atomic E-state index is 12.8. The van der Waals surface area contributed by atoms with Crippen molar-refractivity contribution < 1.29 is 38.8 Å². The molecule has 38 heavy (non-hydrogen) atoms. The summed E-state index contributed by atoms with van der Waals surface area (Å²) < 4.78 is 17.7. The molecule has 0 aliphatic carbocycles.